The molecule has 178 valence electrons. The van der Waals surface area contributed by atoms with Gasteiger partial charge in [-0.15, -0.1) is 0 Å². The third kappa shape index (κ3) is 5.11. The maximum absolute atomic E-state index is 13.2. The highest BCUT2D eigenvalue weighted by molar-refractivity contribution is 5.99. The van der Waals surface area contributed by atoms with Crippen LogP contribution in [0.4, 0.5) is 5.69 Å². The number of phenolic OH excluding ortho intramolecular Hbond substituents is 1. The van der Waals surface area contributed by atoms with Crippen molar-refractivity contribution in [2.75, 3.05) is 31.5 Å². The molecular weight excluding hydrogens is 432 g/mol. The fourth-order valence-electron chi connectivity index (χ4n) is 4.58. The van der Waals surface area contributed by atoms with Crippen LogP contribution in [0.3, 0.4) is 0 Å². The standard InChI is InChI=1S/C26H30N4O4/c1-17-6-8-21(25(33)29-12-4-3-5-13-29)24(27-17)19-10-14-30(15-11-19)26(34)22-16-20(28-18(2)31)7-9-23(22)32/h3-4,6-9,16,19,32H,5,10-15H2,1-2H3,(H,28,31). The molecule has 0 radical (unpaired) electrons. The third-order valence-corrected chi connectivity index (χ3v) is 6.36. The Bertz CT molecular complexity index is 1140. The molecule has 2 N–H and O–H groups in total. The summed E-state index contributed by atoms with van der Waals surface area (Å²) in [6.45, 7) is 5.60. The Balaban J connectivity index is 1.49. The Morgan fingerprint density at radius 2 is 1.71 bits per heavy atom. The fraction of sp³-hybridized carbons (Fsp3) is 0.385. The predicted molar refractivity (Wildman–Crippen MR) is 129 cm³/mol. The quantitative estimate of drug-likeness (QED) is 0.535. The first-order valence-corrected chi connectivity index (χ1v) is 11.6. The Hall–Kier alpha value is -3.68. The molecule has 2 aliphatic heterocycles. The van der Waals surface area contributed by atoms with Crippen molar-refractivity contribution in [1.82, 2.24) is 14.8 Å². The molecule has 0 saturated carbocycles. The first-order valence-electron chi connectivity index (χ1n) is 11.6. The average Bonchev–Trinajstić information content (AvgIpc) is 2.84. The van der Waals surface area contributed by atoms with Gasteiger partial charge in [-0.3, -0.25) is 19.4 Å². The predicted octanol–water partition coefficient (Wildman–Crippen LogP) is 3.48. The zero-order valence-corrected chi connectivity index (χ0v) is 19.6. The molecule has 0 aliphatic carbocycles. The third-order valence-electron chi connectivity index (χ3n) is 6.36. The lowest BCUT2D eigenvalue weighted by Crippen LogP contribution is -2.39. The van der Waals surface area contributed by atoms with Crippen molar-refractivity contribution >= 4 is 23.4 Å². The number of carbonyl (C=O) groups excluding carboxylic acids is 3. The lowest BCUT2D eigenvalue weighted by Gasteiger charge is -2.33. The van der Waals surface area contributed by atoms with E-state index in [1.165, 1.54) is 19.1 Å². The maximum Gasteiger partial charge on any atom is 0.257 e. The van der Waals surface area contributed by atoms with Crippen molar-refractivity contribution in [3.63, 3.8) is 0 Å². The maximum atomic E-state index is 13.2. The van der Waals surface area contributed by atoms with Crippen molar-refractivity contribution in [2.45, 2.75) is 39.0 Å². The number of pyridine rings is 1. The Morgan fingerprint density at radius 3 is 2.38 bits per heavy atom. The van der Waals surface area contributed by atoms with Crippen LogP contribution in [-0.2, 0) is 4.79 Å². The van der Waals surface area contributed by atoms with Crippen LogP contribution in [0.15, 0.2) is 42.5 Å². The van der Waals surface area contributed by atoms with Gasteiger partial charge in [0.15, 0.2) is 0 Å². The van der Waals surface area contributed by atoms with Gasteiger partial charge in [0.2, 0.25) is 5.91 Å². The summed E-state index contributed by atoms with van der Waals surface area (Å²) in [7, 11) is 0. The minimum absolute atomic E-state index is 0.00469. The van der Waals surface area contributed by atoms with E-state index in [-0.39, 0.29) is 35.0 Å². The molecule has 0 bridgehead atoms. The highest BCUT2D eigenvalue weighted by Crippen LogP contribution is 2.32. The van der Waals surface area contributed by atoms with Crippen LogP contribution in [0.1, 0.15) is 64.2 Å². The molecule has 8 nitrogen and oxygen atoms in total. The van der Waals surface area contributed by atoms with Crippen LogP contribution >= 0.6 is 0 Å². The summed E-state index contributed by atoms with van der Waals surface area (Å²) >= 11 is 0. The van der Waals surface area contributed by atoms with Crippen LogP contribution in [0.2, 0.25) is 0 Å². The second-order valence-electron chi connectivity index (χ2n) is 8.88. The van der Waals surface area contributed by atoms with E-state index < -0.39 is 0 Å². The first-order chi connectivity index (χ1) is 16.3. The zero-order valence-electron chi connectivity index (χ0n) is 19.6. The number of aromatic nitrogens is 1. The summed E-state index contributed by atoms with van der Waals surface area (Å²) < 4.78 is 0. The molecule has 3 heterocycles. The summed E-state index contributed by atoms with van der Waals surface area (Å²) in [4.78, 5) is 46.0. The van der Waals surface area contributed by atoms with Crippen LogP contribution in [0, 0.1) is 6.92 Å². The minimum atomic E-state index is -0.281. The number of piperidine rings is 1. The van der Waals surface area contributed by atoms with Crippen molar-refractivity contribution in [3.8, 4) is 5.75 Å². The van der Waals surface area contributed by atoms with Gasteiger partial charge in [-0.05, 0) is 56.5 Å². The highest BCUT2D eigenvalue weighted by Gasteiger charge is 2.30. The number of rotatable bonds is 4. The number of hydrogen-bond acceptors (Lipinski definition) is 5. The Kier molecular flexibility index (Phi) is 6.95. The van der Waals surface area contributed by atoms with E-state index in [4.69, 9.17) is 4.98 Å². The molecule has 4 rings (SSSR count). The van der Waals surface area contributed by atoms with Crippen LogP contribution in [0.25, 0.3) is 0 Å². The fourth-order valence-corrected chi connectivity index (χ4v) is 4.58. The molecule has 0 unspecified atom stereocenters. The number of anilines is 1. The monoisotopic (exact) mass is 462 g/mol. The van der Waals surface area contributed by atoms with Gasteiger partial charge in [-0.1, -0.05) is 12.2 Å². The number of hydrogen-bond donors (Lipinski definition) is 2. The lowest BCUT2D eigenvalue weighted by atomic mass is 9.89. The molecule has 3 amide bonds. The molecule has 1 aromatic carbocycles. The van der Waals surface area contributed by atoms with E-state index in [0.717, 1.165) is 17.8 Å². The molecule has 1 aromatic heterocycles. The summed E-state index contributed by atoms with van der Waals surface area (Å²) in [5.41, 5.74) is 2.94. The smallest absolute Gasteiger partial charge is 0.257 e. The van der Waals surface area contributed by atoms with E-state index in [2.05, 4.69) is 11.4 Å². The lowest BCUT2D eigenvalue weighted by molar-refractivity contribution is -0.114. The van der Waals surface area contributed by atoms with Crippen molar-refractivity contribution < 1.29 is 19.5 Å². The molecule has 8 heteroatoms. The van der Waals surface area contributed by atoms with Gasteiger partial charge in [0.05, 0.1) is 16.8 Å². The molecule has 1 saturated heterocycles. The summed E-state index contributed by atoms with van der Waals surface area (Å²) in [6.07, 6.45) is 6.32. The summed E-state index contributed by atoms with van der Waals surface area (Å²) in [5.74, 6) is -0.573. The largest absolute Gasteiger partial charge is 0.507 e. The number of likely N-dealkylation sites (tertiary alicyclic amines) is 1. The van der Waals surface area contributed by atoms with E-state index >= 15 is 0 Å². The molecule has 0 atom stereocenters. The van der Waals surface area contributed by atoms with Gasteiger partial charge in [0.1, 0.15) is 5.75 Å². The van der Waals surface area contributed by atoms with Gasteiger partial charge in [-0.2, -0.15) is 0 Å². The van der Waals surface area contributed by atoms with Gasteiger partial charge < -0.3 is 20.2 Å². The Morgan fingerprint density at radius 1 is 0.971 bits per heavy atom. The number of carbonyl (C=O) groups is 3. The summed E-state index contributed by atoms with van der Waals surface area (Å²) in [6, 6.07) is 8.22. The number of aromatic hydroxyl groups is 1. The number of nitrogens with one attached hydrogen (secondary N) is 1. The van der Waals surface area contributed by atoms with Crippen molar-refractivity contribution in [2.24, 2.45) is 0 Å². The SMILES string of the molecule is CC(=O)Nc1ccc(O)c(C(=O)N2CCC(c3nc(C)ccc3C(=O)N3CC=CCC3)CC2)c1. The van der Waals surface area contributed by atoms with E-state index in [1.54, 1.807) is 11.0 Å². The molecular formula is C26H30N4O4. The van der Waals surface area contributed by atoms with Gasteiger partial charge in [0, 0.05) is 50.4 Å². The molecule has 2 aromatic rings. The van der Waals surface area contributed by atoms with Gasteiger partial charge in [-0.25, -0.2) is 0 Å². The van der Waals surface area contributed by atoms with E-state index in [0.29, 0.717) is 50.3 Å². The number of aryl methyl sites for hydroxylation is 1. The zero-order chi connectivity index (χ0) is 24.2. The average molecular weight is 463 g/mol. The van der Waals surface area contributed by atoms with E-state index in [1.807, 2.05) is 30.0 Å². The molecule has 1 fully saturated rings. The van der Waals surface area contributed by atoms with Crippen LogP contribution in [-0.4, -0.2) is 63.8 Å². The number of nitrogens with zero attached hydrogens (tertiary/aromatic N) is 3. The second-order valence-corrected chi connectivity index (χ2v) is 8.88. The first kappa shape index (κ1) is 23.5. The summed E-state index contributed by atoms with van der Waals surface area (Å²) in [5, 5.41) is 12.9. The van der Waals surface area contributed by atoms with Crippen LogP contribution < -0.4 is 5.32 Å². The second kappa shape index (κ2) is 10.1. The topological polar surface area (TPSA) is 103 Å². The molecule has 2 aliphatic rings. The number of amides is 3. The molecule has 0 spiro atoms. The molecule has 34 heavy (non-hydrogen) atoms. The van der Waals surface area contributed by atoms with Gasteiger partial charge >= 0.3 is 0 Å². The minimum Gasteiger partial charge on any atom is -0.507 e. The van der Waals surface area contributed by atoms with Crippen molar-refractivity contribution in [1.29, 1.82) is 0 Å². The highest BCUT2D eigenvalue weighted by atomic mass is 16.3. The Labute approximate surface area is 199 Å². The van der Waals surface area contributed by atoms with Gasteiger partial charge in [0.25, 0.3) is 11.8 Å². The van der Waals surface area contributed by atoms with Crippen molar-refractivity contribution in [3.05, 3.63) is 65.0 Å². The van der Waals surface area contributed by atoms with Crippen LogP contribution in [0.5, 0.6) is 5.75 Å². The number of phenols is 1. The normalized spacial score (nSPS) is 16.4. The van der Waals surface area contributed by atoms with E-state index in [9.17, 15) is 19.5 Å². The number of benzene rings is 1.